The van der Waals surface area contributed by atoms with Crippen molar-refractivity contribution in [1.29, 1.82) is 0 Å². The van der Waals surface area contributed by atoms with Crippen molar-refractivity contribution < 1.29 is 5.11 Å². The van der Waals surface area contributed by atoms with Gasteiger partial charge in [0, 0.05) is 24.3 Å². The minimum absolute atomic E-state index is 0.329. The van der Waals surface area contributed by atoms with Crippen LogP contribution in [0.1, 0.15) is 57.6 Å². The fraction of sp³-hybridized carbons (Fsp3) is 0.647. The molecule has 0 radical (unpaired) electrons. The molecule has 19 heavy (non-hydrogen) atoms. The van der Waals surface area contributed by atoms with E-state index in [1.165, 1.54) is 31.4 Å². The van der Waals surface area contributed by atoms with Gasteiger partial charge >= 0.3 is 0 Å². The van der Waals surface area contributed by atoms with Gasteiger partial charge in [0.15, 0.2) is 0 Å². The van der Waals surface area contributed by atoms with Gasteiger partial charge in [0.1, 0.15) is 0 Å². The van der Waals surface area contributed by atoms with Crippen LogP contribution < -0.4 is 4.90 Å². The minimum atomic E-state index is -0.329. The molecule has 0 saturated carbocycles. The lowest BCUT2D eigenvalue weighted by atomic mass is 9.91. The monoisotopic (exact) mass is 261 g/mol. The number of hydrogen-bond acceptors (Lipinski definition) is 2. The maximum absolute atomic E-state index is 10.2. The van der Waals surface area contributed by atoms with Crippen LogP contribution in [0.3, 0.4) is 0 Å². The Labute approximate surface area is 117 Å². The number of para-hydroxylation sites is 1. The lowest BCUT2D eigenvalue weighted by Gasteiger charge is -2.35. The minimum Gasteiger partial charge on any atom is -0.388 e. The predicted octanol–water partition coefficient (Wildman–Crippen LogP) is 4.15. The van der Waals surface area contributed by atoms with Crippen molar-refractivity contribution in [3.8, 4) is 0 Å². The highest BCUT2D eigenvalue weighted by Crippen LogP contribution is 2.32. The van der Waals surface area contributed by atoms with Gasteiger partial charge in [-0.05, 0) is 31.2 Å². The molecule has 106 valence electrons. The number of aliphatic hydroxyl groups is 1. The second kappa shape index (κ2) is 6.95. The van der Waals surface area contributed by atoms with Crippen LogP contribution in [0.15, 0.2) is 24.3 Å². The van der Waals surface area contributed by atoms with E-state index in [1.807, 2.05) is 13.0 Å². The third kappa shape index (κ3) is 3.50. The summed E-state index contributed by atoms with van der Waals surface area (Å²) in [5.74, 6) is 0.907. The van der Waals surface area contributed by atoms with Crippen molar-refractivity contribution in [1.82, 2.24) is 0 Å². The fourth-order valence-corrected chi connectivity index (χ4v) is 3.15. The molecule has 1 N–H and O–H groups in total. The number of hydrogen-bond donors (Lipinski definition) is 1. The Hall–Kier alpha value is -1.02. The molecule has 0 spiro atoms. The van der Waals surface area contributed by atoms with Crippen LogP contribution in [0.25, 0.3) is 0 Å². The van der Waals surface area contributed by atoms with Gasteiger partial charge in [0.05, 0.1) is 6.10 Å². The van der Waals surface area contributed by atoms with E-state index >= 15 is 0 Å². The maximum atomic E-state index is 10.2. The van der Waals surface area contributed by atoms with E-state index in [0.717, 1.165) is 31.0 Å². The van der Waals surface area contributed by atoms with Crippen molar-refractivity contribution in [2.45, 2.75) is 52.1 Å². The topological polar surface area (TPSA) is 23.5 Å². The SMILES string of the molecule is CCCC1CCN(c2ccccc2[C@@H](O)CC)CC1. The molecule has 2 rings (SSSR count). The summed E-state index contributed by atoms with van der Waals surface area (Å²) in [4.78, 5) is 2.46. The second-order valence-corrected chi connectivity index (χ2v) is 5.70. The zero-order valence-corrected chi connectivity index (χ0v) is 12.3. The highest BCUT2D eigenvalue weighted by atomic mass is 16.3. The van der Waals surface area contributed by atoms with Gasteiger partial charge in [0.25, 0.3) is 0 Å². The van der Waals surface area contributed by atoms with E-state index in [9.17, 15) is 5.11 Å². The lowest BCUT2D eigenvalue weighted by Crippen LogP contribution is -2.34. The molecule has 1 aliphatic heterocycles. The van der Waals surface area contributed by atoms with Crippen molar-refractivity contribution in [3.63, 3.8) is 0 Å². The molecular formula is C17H27NO. The number of aliphatic hydroxyl groups excluding tert-OH is 1. The van der Waals surface area contributed by atoms with Crippen molar-refractivity contribution >= 4 is 5.69 Å². The Morgan fingerprint density at radius 1 is 1.21 bits per heavy atom. The summed E-state index contributed by atoms with van der Waals surface area (Å²) in [6, 6.07) is 8.34. The van der Waals surface area contributed by atoms with Gasteiger partial charge in [-0.1, -0.05) is 44.9 Å². The molecule has 1 heterocycles. The summed E-state index contributed by atoms with van der Waals surface area (Å²) in [6.45, 7) is 6.59. The molecular weight excluding hydrogens is 234 g/mol. The molecule has 0 bridgehead atoms. The van der Waals surface area contributed by atoms with Gasteiger partial charge in [-0.25, -0.2) is 0 Å². The quantitative estimate of drug-likeness (QED) is 0.861. The average Bonchev–Trinajstić information content (AvgIpc) is 2.47. The second-order valence-electron chi connectivity index (χ2n) is 5.70. The molecule has 1 fully saturated rings. The van der Waals surface area contributed by atoms with Crippen LogP contribution in [0.2, 0.25) is 0 Å². The molecule has 1 aromatic carbocycles. The number of piperidine rings is 1. The first-order valence-electron chi connectivity index (χ1n) is 7.78. The van der Waals surface area contributed by atoms with Gasteiger partial charge in [-0.2, -0.15) is 0 Å². The number of benzene rings is 1. The molecule has 1 atom stereocenters. The van der Waals surface area contributed by atoms with Crippen LogP contribution in [0.4, 0.5) is 5.69 Å². The molecule has 1 aliphatic rings. The van der Waals surface area contributed by atoms with Crippen molar-refractivity contribution in [2.24, 2.45) is 5.92 Å². The smallest absolute Gasteiger partial charge is 0.0807 e. The normalized spacial score (nSPS) is 18.6. The summed E-state index contributed by atoms with van der Waals surface area (Å²) in [6.07, 6.45) is 5.71. The fourth-order valence-electron chi connectivity index (χ4n) is 3.15. The third-order valence-corrected chi connectivity index (χ3v) is 4.33. The highest BCUT2D eigenvalue weighted by Gasteiger charge is 2.21. The van der Waals surface area contributed by atoms with Gasteiger partial charge in [-0.15, -0.1) is 0 Å². The van der Waals surface area contributed by atoms with Crippen LogP contribution in [-0.4, -0.2) is 18.2 Å². The molecule has 0 aromatic heterocycles. The molecule has 0 unspecified atom stereocenters. The Bertz CT molecular complexity index is 383. The molecule has 0 amide bonds. The first kappa shape index (κ1) is 14.4. The standard InChI is InChI=1S/C17H27NO/c1-3-7-14-10-12-18(13-11-14)16-9-6-5-8-15(16)17(19)4-2/h5-6,8-9,14,17,19H,3-4,7,10-13H2,1-2H3/t17-/m0/s1. The molecule has 2 nitrogen and oxygen atoms in total. The summed E-state index contributed by atoms with van der Waals surface area (Å²) in [5, 5.41) is 10.2. The van der Waals surface area contributed by atoms with E-state index in [-0.39, 0.29) is 6.10 Å². The Balaban J connectivity index is 2.07. The summed E-state index contributed by atoms with van der Waals surface area (Å²) in [5.41, 5.74) is 2.34. The lowest BCUT2D eigenvalue weighted by molar-refractivity contribution is 0.174. The number of nitrogens with zero attached hydrogens (tertiary/aromatic N) is 1. The van der Waals surface area contributed by atoms with Crippen LogP contribution in [0, 0.1) is 5.92 Å². The highest BCUT2D eigenvalue weighted by molar-refractivity contribution is 5.54. The van der Waals surface area contributed by atoms with Crippen LogP contribution in [-0.2, 0) is 0 Å². The van der Waals surface area contributed by atoms with E-state index in [1.54, 1.807) is 0 Å². The first-order chi connectivity index (χ1) is 9.26. The van der Waals surface area contributed by atoms with Crippen LogP contribution >= 0.6 is 0 Å². The first-order valence-corrected chi connectivity index (χ1v) is 7.78. The van der Waals surface area contributed by atoms with E-state index < -0.39 is 0 Å². The zero-order chi connectivity index (χ0) is 13.7. The van der Waals surface area contributed by atoms with Gasteiger partial charge < -0.3 is 10.0 Å². The predicted molar refractivity (Wildman–Crippen MR) is 81.5 cm³/mol. The Morgan fingerprint density at radius 2 is 1.89 bits per heavy atom. The number of rotatable bonds is 5. The maximum Gasteiger partial charge on any atom is 0.0807 e. The number of anilines is 1. The van der Waals surface area contributed by atoms with Gasteiger partial charge in [0.2, 0.25) is 0 Å². The third-order valence-electron chi connectivity index (χ3n) is 4.33. The van der Waals surface area contributed by atoms with Crippen molar-refractivity contribution in [2.75, 3.05) is 18.0 Å². The van der Waals surface area contributed by atoms with Gasteiger partial charge in [-0.3, -0.25) is 0 Å². The molecule has 1 aromatic rings. The van der Waals surface area contributed by atoms with E-state index in [4.69, 9.17) is 0 Å². The summed E-state index contributed by atoms with van der Waals surface area (Å²) >= 11 is 0. The van der Waals surface area contributed by atoms with E-state index in [0.29, 0.717) is 0 Å². The average molecular weight is 261 g/mol. The Kier molecular flexibility index (Phi) is 5.26. The summed E-state index contributed by atoms with van der Waals surface area (Å²) in [7, 11) is 0. The molecule has 0 aliphatic carbocycles. The summed E-state index contributed by atoms with van der Waals surface area (Å²) < 4.78 is 0. The van der Waals surface area contributed by atoms with E-state index in [2.05, 4.69) is 30.0 Å². The largest absolute Gasteiger partial charge is 0.388 e. The van der Waals surface area contributed by atoms with Crippen LogP contribution in [0.5, 0.6) is 0 Å². The zero-order valence-electron chi connectivity index (χ0n) is 12.3. The molecule has 1 saturated heterocycles. The molecule has 2 heteroatoms. The van der Waals surface area contributed by atoms with Crippen molar-refractivity contribution in [3.05, 3.63) is 29.8 Å². The Morgan fingerprint density at radius 3 is 2.53 bits per heavy atom.